The van der Waals surface area contributed by atoms with Crippen molar-refractivity contribution in [2.45, 2.75) is 25.6 Å². The fourth-order valence-electron chi connectivity index (χ4n) is 1.07. The minimum atomic E-state index is -4.07. The molecule has 15 heavy (non-hydrogen) atoms. The van der Waals surface area contributed by atoms with Crippen LogP contribution in [0.2, 0.25) is 0 Å². The molecule has 0 amide bonds. The molecule has 7 heteroatoms. The van der Waals surface area contributed by atoms with Gasteiger partial charge < -0.3 is 5.32 Å². The highest BCUT2D eigenvalue weighted by molar-refractivity contribution is 4.64. The standard InChI is InChI=1S/C8H13F3N4/c9-8(10,11)2-4-12-3-1-6-15-7-5-13-14-15/h5,7,12H,1-4,6H2. The van der Waals surface area contributed by atoms with Gasteiger partial charge in [0.1, 0.15) is 0 Å². The van der Waals surface area contributed by atoms with Crippen LogP contribution in [0.4, 0.5) is 13.2 Å². The fraction of sp³-hybridized carbons (Fsp3) is 0.750. The molecule has 0 aromatic carbocycles. The zero-order valence-electron chi connectivity index (χ0n) is 8.17. The number of aromatic nitrogens is 3. The number of aryl methyl sites for hydroxylation is 1. The van der Waals surface area contributed by atoms with Gasteiger partial charge in [0.2, 0.25) is 0 Å². The molecule has 0 fully saturated rings. The fourth-order valence-corrected chi connectivity index (χ4v) is 1.07. The Balaban J connectivity index is 1.94. The number of hydrogen-bond acceptors (Lipinski definition) is 3. The smallest absolute Gasteiger partial charge is 0.316 e. The quantitative estimate of drug-likeness (QED) is 0.736. The van der Waals surface area contributed by atoms with Crippen molar-refractivity contribution < 1.29 is 13.2 Å². The molecule has 1 aromatic rings. The first-order chi connectivity index (χ1) is 7.08. The molecule has 0 aliphatic heterocycles. The third-order valence-electron chi connectivity index (χ3n) is 1.80. The van der Waals surface area contributed by atoms with E-state index in [1.807, 2.05) is 0 Å². The topological polar surface area (TPSA) is 42.7 Å². The highest BCUT2D eigenvalue weighted by Gasteiger charge is 2.25. The van der Waals surface area contributed by atoms with Crippen molar-refractivity contribution in [3.63, 3.8) is 0 Å². The predicted molar refractivity (Wildman–Crippen MR) is 48.2 cm³/mol. The summed E-state index contributed by atoms with van der Waals surface area (Å²) >= 11 is 0. The van der Waals surface area contributed by atoms with Crippen LogP contribution >= 0.6 is 0 Å². The lowest BCUT2D eigenvalue weighted by atomic mass is 10.4. The zero-order valence-corrected chi connectivity index (χ0v) is 8.17. The molecule has 86 valence electrons. The Morgan fingerprint density at radius 2 is 2.07 bits per heavy atom. The summed E-state index contributed by atoms with van der Waals surface area (Å²) in [7, 11) is 0. The van der Waals surface area contributed by atoms with Crippen LogP contribution in [0.5, 0.6) is 0 Å². The van der Waals surface area contributed by atoms with E-state index in [9.17, 15) is 13.2 Å². The first-order valence-electron chi connectivity index (χ1n) is 4.69. The monoisotopic (exact) mass is 222 g/mol. The lowest BCUT2D eigenvalue weighted by Crippen LogP contribution is -2.23. The zero-order chi connectivity index (χ0) is 11.1. The van der Waals surface area contributed by atoms with Crippen molar-refractivity contribution in [1.82, 2.24) is 20.3 Å². The maximum absolute atomic E-state index is 11.7. The molecule has 0 aliphatic rings. The van der Waals surface area contributed by atoms with Crippen molar-refractivity contribution in [3.8, 4) is 0 Å². The Morgan fingerprint density at radius 1 is 1.27 bits per heavy atom. The van der Waals surface area contributed by atoms with Crippen LogP contribution in [0, 0.1) is 0 Å². The predicted octanol–water partition coefficient (Wildman–Crippen LogP) is 1.21. The molecule has 0 saturated carbocycles. The Bertz CT molecular complexity index is 257. The summed E-state index contributed by atoms with van der Waals surface area (Å²) in [4.78, 5) is 0. The summed E-state index contributed by atoms with van der Waals surface area (Å²) in [6, 6.07) is 0. The summed E-state index contributed by atoms with van der Waals surface area (Å²) in [6.07, 6.45) is -0.830. The van der Waals surface area contributed by atoms with Crippen LogP contribution in [0.15, 0.2) is 12.4 Å². The third-order valence-corrected chi connectivity index (χ3v) is 1.80. The SMILES string of the molecule is FC(F)(F)CCNCCCn1ccnn1. The Morgan fingerprint density at radius 3 is 2.67 bits per heavy atom. The largest absolute Gasteiger partial charge is 0.390 e. The number of hydrogen-bond donors (Lipinski definition) is 1. The minimum absolute atomic E-state index is 0.0269. The van der Waals surface area contributed by atoms with Crippen LogP contribution in [-0.2, 0) is 6.54 Å². The normalized spacial score (nSPS) is 11.9. The summed E-state index contributed by atoms with van der Waals surface area (Å²) in [5, 5.41) is 10.1. The average Bonchev–Trinajstić information content (AvgIpc) is 2.61. The summed E-state index contributed by atoms with van der Waals surface area (Å²) in [6.45, 7) is 1.19. The van der Waals surface area contributed by atoms with E-state index in [4.69, 9.17) is 0 Å². The molecule has 1 aromatic heterocycles. The summed E-state index contributed by atoms with van der Waals surface area (Å²) < 4.78 is 36.8. The maximum atomic E-state index is 11.7. The van der Waals surface area contributed by atoms with Gasteiger partial charge in [0.15, 0.2) is 0 Å². The lowest BCUT2D eigenvalue weighted by Gasteiger charge is -2.07. The van der Waals surface area contributed by atoms with Crippen LogP contribution in [-0.4, -0.2) is 34.3 Å². The van der Waals surface area contributed by atoms with Gasteiger partial charge in [-0.3, -0.25) is 4.68 Å². The first-order valence-corrected chi connectivity index (χ1v) is 4.69. The number of alkyl halides is 3. The van der Waals surface area contributed by atoms with Gasteiger partial charge in [0.05, 0.1) is 12.6 Å². The van der Waals surface area contributed by atoms with Crippen LogP contribution in [0.25, 0.3) is 0 Å². The molecule has 1 N–H and O–H groups in total. The molecular formula is C8H13F3N4. The van der Waals surface area contributed by atoms with E-state index in [1.165, 1.54) is 0 Å². The Kier molecular flexibility index (Phi) is 4.54. The van der Waals surface area contributed by atoms with Gasteiger partial charge in [0, 0.05) is 19.3 Å². The molecule has 0 unspecified atom stereocenters. The van der Waals surface area contributed by atoms with Crippen molar-refractivity contribution in [2.24, 2.45) is 0 Å². The maximum Gasteiger partial charge on any atom is 0.390 e. The van der Waals surface area contributed by atoms with E-state index in [2.05, 4.69) is 15.6 Å². The highest BCUT2D eigenvalue weighted by atomic mass is 19.4. The van der Waals surface area contributed by atoms with Gasteiger partial charge in [-0.25, -0.2) is 0 Å². The third kappa shape index (κ3) is 6.05. The van der Waals surface area contributed by atoms with Crippen LogP contribution in [0.1, 0.15) is 12.8 Å². The van der Waals surface area contributed by atoms with Crippen LogP contribution < -0.4 is 5.32 Å². The minimum Gasteiger partial charge on any atom is -0.316 e. The Labute approximate surface area is 85.5 Å². The van der Waals surface area contributed by atoms with Crippen molar-refractivity contribution in [2.75, 3.05) is 13.1 Å². The van der Waals surface area contributed by atoms with E-state index in [0.717, 1.165) is 6.42 Å². The van der Waals surface area contributed by atoms with Gasteiger partial charge in [-0.05, 0) is 13.0 Å². The van der Waals surface area contributed by atoms with Crippen LogP contribution in [0.3, 0.4) is 0 Å². The number of rotatable bonds is 6. The molecule has 0 atom stereocenters. The molecular weight excluding hydrogens is 209 g/mol. The van der Waals surface area contributed by atoms with Gasteiger partial charge >= 0.3 is 6.18 Å². The molecule has 0 radical (unpaired) electrons. The van der Waals surface area contributed by atoms with E-state index in [0.29, 0.717) is 13.1 Å². The van der Waals surface area contributed by atoms with Gasteiger partial charge in [-0.2, -0.15) is 13.2 Å². The first kappa shape index (κ1) is 12.0. The van der Waals surface area contributed by atoms with E-state index < -0.39 is 12.6 Å². The molecule has 1 heterocycles. The molecule has 0 spiro atoms. The summed E-state index contributed by atoms with van der Waals surface area (Å²) in [5.41, 5.74) is 0. The van der Waals surface area contributed by atoms with Crippen molar-refractivity contribution >= 4 is 0 Å². The molecule has 4 nitrogen and oxygen atoms in total. The Hall–Kier alpha value is -1.11. The average molecular weight is 222 g/mol. The van der Waals surface area contributed by atoms with E-state index >= 15 is 0 Å². The second kappa shape index (κ2) is 5.69. The number of nitrogens with zero attached hydrogens (tertiary/aromatic N) is 3. The number of halogens is 3. The van der Waals surface area contributed by atoms with Crippen molar-refractivity contribution in [3.05, 3.63) is 12.4 Å². The summed E-state index contributed by atoms with van der Waals surface area (Å²) in [5.74, 6) is 0. The molecule has 0 bridgehead atoms. The van der Waals surface area contributed by atoms with E-state index in [-0.39, 0.29) is 6.54 Å². The highest BCUT2D eigenvalue weighted by Crippen LogP contribution is 2.17. The van der Waals surface area contributed by atoms with Gasteiger partial charge in [-0.15, -0.1) is 5.10 Å². The lowest BCUT2D eigenvalue weighted by molar-refractivity contribution is -0.133. The molecule has 0 aliphatic carbocycles. The second-order valence-corrected chi connectivity index (χ2v) is 3.13. The van der Waals surface area contributed by atoms with Gasteiger partial charge in [0.25, 0.3) is 0 Å². The van der Waals surface area contributed by atoms with Gasteiger partial charge in [-0.1, -0.05) is 5.21 Å². The van der Waals surface area contributed by atoms with E-state index in [1.54, 1.807) is 17.1 Å². The number of nitrogens with one attached hydrogen (secondary N) is 1. The second-order valence-electron chi connectivity index (χ2n) is 3.13. The molecule has 0 saturated heterocycles. The van der Waals surface area contributed by atoms with Crippen molar-refractivity contribution in [1.29, 1.82) is 0 Å². The molecule has 1 rings (SSSR count).